The molecular weight excluding hydrogens is 366 g/mol. The van der Waals surface area contributed by atoms with Crippen molar-refractivity contribution >= 4 is 5.91 Å². The number of allylic oxidation sites excluding steroid dienone is 8. The van der Waals surface area contributed by atoms with E-state index in [0.29, 0.717) is 32.2 Å². The third-order valence-corrected chi connectivity index (χ3v) is 3.73. The topological polar surface area (TPSA) is 89.8 Å². The Morgan fingerprint density at radius 2 is 1.45 bits per heavy atom. The quantitative estimate of drug-likeness (QED) is 0.234. The molecule has 0 aliphatic carbocycles. The highest BCUT2D eigenvalue weighted by molar-refractivity contribution is 5.75. The summed E-state index contributed by atoms with van der Waals surface area (Å²) in [6, 6.07) is 0. The molecular formula is C24H37NO4. The number of amides is 1. The maximum absolute atomic E-state index is 11.3. The molecule has 162 valence electrons. The van der Waals surface area contributed by atoms with Gasteiger partial charge in [-0.15, -0.1) is 0 Å². The molecule has 0 bridgehead atoms. The van der Waals surface area contributed by atoms with E-state index in [1.165, 1.54) is 0 Å². The molecule has 2 atom stereocenters. The highest BCUT2D eigenvalue weighted by Gasteiger charge is 1.97. The van der Waals surface area contributed by atoms with Crippen molar-refractivity contribution in [2.45, 2.75) is 57.7 Å². The van der Waals surface area contributed by atoms with Crippen LogP contribution in [0.5, 0.6) is 0 Å². The van der Waals surface area contributed by atoms with Crippen molar-refractivity contribution in [3.8, 4) is 0 Å². The summed E-state index contributed by atoms with van der Waals surface area (Å²) in [5, 5.41) is 30.8. The number of carbonyl (C=O) groups is 1. The first-order chi connectivity index (χ1) is 14.1. The smallest absolute Gasteiger partial charge is 0.220 e. The summed E-state index contributed by atoms with van der Waals surface area (Å²) in [5.74, 6) is -0.0565. The maximum Gasteiger partial charge on any atom is 0.220 e. The molecule has 0 spiro atoms. The molecule has 0 aromatic heterocycles. The van der Waals surface area contributed by atoms with Crippen LogP contribution in [0.4, 0.5) is 0 Å². The van der Waals surface area contributed by atoms with Crippen LogP contribution in [0.25, 0.3) is 0 Å². The van der Waals surface area contributed by atoms with Crippen molar-refractivity contribution in [2.75, 3.05) is 13.2 Å². The van der Waals surface area contributed by atoms with Gasteiger partial charge in [-0.2, -0.15) is 0 Å². The Labute approximate surface area is 175 Å². The lowest BCUT2D eigenvalue weighted by Crippen LogP contribution is -2.25. The van der Waals surface area contributed by atoms with Crippen molar-refractivity contribution in [3.63, 3.8) is 0 Å². The van der Waals surface area contributed by atoms with E-state index in [0.717, 1.165) is 12.8 Å². The fraction of sp³-hybridized carbons (Fsp3) is 0.458. The number of hydrogen-bond donors (Lipinski definition) is 4. The van der Waals surface area contributed by atoms with Gasteiger partial charge in [-0.3, -0.25) is 4.79 Å². The molecule has 29 heavy (non-hydrogen) atoms. The molecule has 0 saturated heterocycles. The standard InChI is InChI=1S/C24H37NO4/c1-2-3-10-15-22(27)17-12-8-9-13-18-23(28)16-11-6-4-5-7-14-19-24(29)25-20-21-26/h3,5-13,17-18,22-23,26-28H,2,4,14-16,19-21H2,1H3,(H,25,29)/b7-5-,9-8-,10-3-,11-6-,17-12+,18-13+/t22-,23+/m0/s1. The van der Waals surface area contributed by atoms with Crippen molar-refractivity contribution < 1.29 is 20.1 Å². The molecule has 0 rings (SSSR count). The normalized spacial score (nSPS) is 15.0. The minimum atomic E-state index is -0.538. The summed E-state index contributed by atoms with van der Waals surface area (Å²) in [6.07, 6.45) is 25.5. The third-order valence-electron chi connectivity index (χ3n) is 3.73. The lowest BCUT2D eigenvalue weighted by molar-refractivity contribution is -0.121. The Morgan fingerprint density at radius 1 is 0.862 bits per heavy atom. The summed E-state index contributed by atoms with van der Waals surface area (Å²) in [5.41, 5.74) is 0. The Balaban J connectivity index is 3.85. The molecule has 0 aromatic rings. The molecule has 4 N–H and O–H groups in total. The van der Waals surface area contributed by atoms with Crippen LogP contribution in [-0.2, 0) is 4.79 Å². The van der Waals surface area contributed by atoms with Crippen molar-refractivity contribution in [1.29, 1.82) is 0 Å². The van der Waals surface area contributed by atoms with E-state index in [4.69, 9.17) is 5.11 Å². The van der Waals surface area contributed by atoms with Gasteiger partial charge in [0.15, 0.2) is 0 Å². The number of rotatable bonds is 16. The number of hydrogen-bond acceptors (Lipinski definition) is 4. The average molecular weight is 404 g/mol. The second kappa shape index (κ2) is 20.5. The van der Waals surface area contributed by atoms with Crippen LogP contribution in [0, 0.1) is 0 Å². The molecule has 0 saturated carbocycles. The first-order valence-corrected chi connectivity index (χ1v) is 10.3. The summed E-state index contributed by atoms with van der Waals surface area (Å²) in [4.78, 5) is 11.3. The van der Waals surface area contributed by atoms with E-state index < -0.39 is 12.2 Å². The van der Waals surface area contributed by atoms with Crippen molar-refractivity contribution in [3.05, 3.63) is 72.9 Å². The average Bonchev–Trinajstić information content (AvgIpc) is 2.71. The molecule has 0 unspecified atom stereocenters. The van der Waals surface area contributed by atoms with Crippen LogP contribution in [0.2, 0.25) is 0 Å². The fourth-order valence-corrected chi connectivity index (χ4v) is 2.20. The van der Waals surface area contributed by atoms with Crippen molar-refractivity contribution in [2.24, 2.45) is 0 Å². The Kier molecular flexibility index (Phi) is 19.0. The predicted molar refractivity (Wildman–Crippen MR) is 120 cm³/mol. The van der Waals surface area contributed by atoms with Gasteiger partial charge in [0.2, 0.25) is 5.91 Å². The van der Waals surface area contributed by atoms with Crippen LogP contribution >= 0.6 is 0 Å². The zero-order valence-corrected chi connectivity index (χ0v) is 17.5. The number of aliphatic hydroxyl groups excluding tert-OH is 3. The lowest BCUT2D eigenvalue weighted by atomic mass is 10.2. The van der Waals surface area contributed by atoms with Gasteiger partial charge in [0.05, 0.1) is 18.8 Å². The molecule has 0 heterocycles. The van der Waals surface area contributed by atoms with Gasteiger partial charge in [-0.25, -0.2) is 0 Å². The van der Waals surface area contributed by atoms with Crippen LogP contribution < -0.4 is 5.32 Å². The molecule has 0 aliphatic heterocycles. The van der Waals surface area contributed by atoms with Gasteiger partial charge in [0.25, 0.3) is 0 Å². The Hall–Kier alpha value is -2.21. The minimum Gasteiger partial charge on any atom is -0.395 e. The second-order valence-corrected chi connectivity index (χ2v) is 6.43. The molecule has 0 aromatic carbocycles. The number of nitrogens with one attached hydrogen (secondary N) is 1. The van der Waals surface area contributed by atoms with Gasteiger partial charge in [-0.05, 0) is 32.1 Å². The number of carbonyl (C=O) groups excluding carboxylic acids is 1. The minimum absolute atomic E-state index is 0.0396. The zero-order chi connectivity index (χ0) is 21.6. The van der Waals surface area contributed by atoms with E-state index in [2.05, 4.69) is 12.2 Å². The molecule has 1 amide bonds. The zero-order valence-electron chi connectivity index (χ0n) is 17.5. The van der Waals surface area contributed by atoms with Gasteiger partial charge in [0.1, 0.15) is 0 Å². The van der Waals surface area contributed by atoms with Crippen LogP contribution in [-0.4, -0.2) is 46.6 Å². The van der Waals surface area contributed by atoms with E-state index in [9.17, 15) is 15.0 Å². The van der Waals surface area contributed by atoms with Crippen LogP contribution in [0.1, 0.15) is 45.4 Å². The molecule has 0 radical (unpaired) electrons. The van der Waals surface area contributed by atoms with Gasteiger partial charge < -0.3 is 20.6 Å². The van der Waals surface area contributed by atoms with Gasteiger partial charge in [0, 0.05) is 13.0 Å². The SMILES string of the molecule is CC/C=C\C[C@H](O)/C=C/C=C\C=C\[C@H](O)C/C=C\C/C=C\CCC(=O)NCCO. The Bertz CT molecular complexity index is 573. The summed E-state index contributed by atoms with van der Waals surface area (Å²) < 4.78 is 0. The highest BCUT2D eigenvalue weighted by Crippen LogP contribution is 2.00. The Morgan fingerprint density at radius 3 is 2.03 bits per heavy atom. The predicted octanol–water partition coefficient (Wildman–Crippen LogP) is 3.51. The second-order valence-electron chi connectivity index (χ2n) is 6.43. The molecule has 0 fully saturated rings. The summed E-state index contributed by atoms with van der Waals surface area (Å²) in [6.45, 7) is 2.32. The summed E-state index contributed by atoms with van der Waals surface area (Å²) in [7, 11) is 0. The monoisotopic (exact) mass is 403 g/mol. The van der Waals surface area contributed by atoms with Crippen LogP contribution in [0.15, 0.2) is 72.9 Å². The molecule has 5 nitrogen and oxygen atoms in total. The fourth-order valence-electron chi connectivity index (χ4n) is 2.20. The first-order valence-electron chi connectivity index (χ1n) is 10.3. The lowest BCUT2D eigenvalue weighted by Gasteiger charge is -2.00. The molecule has 5 heteroatoms. The maximum atomic E-state index is 11.3. The molecule has 0 aliphatic rings. The van der Waals surface area contributed by atoms with E-state index in [1.807, 2.05) is 48.6 Å². The number of aliphatic hydroxyl groups is 3. The van der Waals surface area contributed by atoms with Crippen molar-refractivity contribution in [1.82, 2.24) is 5.32 Å². The van der Waals surface area contributed by atoms with Gasteiger partial charge >= 0.3 is 0 Å². The van der Waals surface area contributed by atoms with E-state index >= 15 is 0 Å². The largest absolute Gasteiger partial charge is 0.395 e. The third kappa shape index (κ3) is 20.3. The van der Waals surface area contributed by atoms with E-state index in [1.54, 1.807) is 24.3 Å². The van der Waals surface area contributed by atoms with E-state index in [-0.39, 0.29) is 12.5 Å². The first kappa shape index (κ1) is 26.8. The summed E-state index contributed by atoms with van der Waals surface area (Å²) >= 11 is 0. The van der Waals surface area contributed by atoms with Crippen LogP contribution in [0.3, 0.4) is 0 Å². The van der Waals surface area contributed by atoms with Gasteiger partial charge in [-0.1, -0.05) is 79.8 Å². The highest BCUT2D eigenvalue weighted by atomic mass is 16.3.